The number of rotatable bonds is 3. The zero-order chi connectivity index (χ0) is 11.8. The molecule has 0 amide bonds. The number of hydrogen-bond acceptors (Lipinski definition) is 4. The number of hydrogen-bond donors (Lipinski definition) is 1. The van der Waals surface area contributed by atoms with Crippen LogP contribution in [0.5, 0.6) is 0 Å². The van der Waals surface area contributed by atoms with Crippen LogP contribution in [-0.2, 0) is 10.0 Å². The van der Waals surface area contributed by atoms with Gasteiger partial charge < -0.3 is 5.32 Å². The molecule has 0 aliphatic carbocycles. The summed E-state index contributed by atoms with van der Waals surface area (Å²) in [5.74, 6) is 0. The lowest BCUT2D eigenvalue weighted by atomic mass is 10.1. The van der Waals surface area contributed by atoms with Crippen molar-refractivity contribution in [1.82, 2.24) is 14.5 Å². The SMILES string of the molecule is CC(C)S(=O)(=O)N1CCN(C2CNC2)CC1. The van der Waals surface area contributed by atoms with Gasteiger partial charge in [-0.2, -0.15) is 4.31 Å². The summed E-state index contributed by atoms with van der Waals surface area (Å²) < 4.78 is 25.5. The third kappa shape index (κ3) is 2.25. The summed E-state index contributed by atoms with van der Waals surface area (Å²) in [7, 11) is -3.05. The highest BCUT2D eigenvalue weighted by Gasteiger charge is 2.33. The molecule has 5 nitrogen and oxygen atoms in total. The van der Waals surface area contributed by atoms with Crippen LogP contribution in [0.3, 0.4) is 0 Å². The molecular formula is C10H21N3O2S. The topological polar surface area (TPSA) is 52.7 Å². The van der Waals surface area contributed by atoms with Gasteiger partial charge in [-0.25, -0.2) is 8.42 Å². The van der Waals surface area contributed by atoms with Crippen LogP contribution < -0.4 is 5.32 Å². The van der Waals surface area contributed by atoms with Crippen molar-refractivity contribution >= 4 is 10.0 Å². The molecule has 1 N–H and O–H groups in total. The minimum atomic E-state index is -3.05. The maximum atomic E-state index is 11.9. The molecule has 0 spiro atoms. The van der Waals surface area contributed by atoms with Gasteiger partial charge >= 0.3 is 0 Å². The average molecular weight is 247 g/mol. The smallest absolute Gasteiger partial charge is 0.216 e. The molecule has 6 heteroatoms. The fourth-order valence-corrected chi connectivity index (χ4v) is 3.42. The summed E-state index contributed by atoms with van der Waals surface area (Å²) >= 11 is 0. The number of piperazine rings is 1. The molecule has 0 aromatic heterocycles. The van der Waals surface area contributed by atoms with E-state index in [0.29, 0.717) is 19.1 Å². The van der Waals surface area contributed by atoms with Crippen molar-refractivity contribution in [2.24, 2.45) is 0 Å². The molecular weight excluding hydrogens is 226 g/mol. The molecule has 2 rings (SSSR count). The van der Waals surface area contributed by atoms with Crippen molar-refractivity contribution in [1.29, 1.82) is 0 Å². The second kappa shape index (κ2) is 4.60. The highest BCUT2D eigenvalue weighted by Crippen LogP contribution is 2.15. The van der Waals surface area contributed by atoms with Crippen LogP contribution in [0.2, 0.25) is 0 Å². The van der Waals surface area contributed by atoms with Crippen molar-refractivity contribution in [3.05, 3.63) is 0 Å². The molecule has 0 saturated carbocycles. The van der Waals surface area contributed by atoms with Crippen molar-refractivity contribution in [3.8, 4) is 0 Å². The summed E-state index contributed by atoms with van der Waals surface area (Å²) in [5.41, 5.74) is 0. The van der Waals surface area contributed by atoms with Gasteiger partial charge in [0.05, 0.1) is 5.25 Å². The first-order valence-electron chi connectivity index (χ1n) is 5.95. The summed E-state index contributed by atoms with van der Waals surface area (Å²) in [5, 5.41) is 2.94. The van der Waals surface area contributed by atoms with E-state index >= 15 is 0 Å². The maximum absolute atomic E-state index is 11.9. The van der Waals surface area contributed by atoms with E-state index in [1.807, 2.05) is 0 Å². The summed E-state index contributed by atoms with van der Waals surface area (Å²) in [6.07, 6.45) is 0. The molecule has 2 aliphatic rings. The Morgan fingerprint density at radius 3 is 2.06 bits per heavy atom. The van der Waals surface area contributed by atoms with E-state index in [9.17, 15) is 8.42 Å². The first-order valence-corrected chi connectivity index (χ1v) is 7.46. The molecule has 0 aromatic rings. The van der Waals surface area contributed by atoms with Gasteiger partial charge in [0.15, 0.2) is 0 Å². The van der Waals surface area contributed by atoms with Crippen molar-refractivity contribution in [3.63, 3.8) is 0 Å². The molecule has 2 fully saturated rings. The zero-order valence-electron chi connectivity index (χ0n) is 10.0. The van der Waals surface area contributed by atoms with E-state index in [2.05, 4.69) is 10.2 Å². The zero-order valence-corrected chi connectivity index (χ0v) is 10.8. The van der Waals surface area contributed by atoms with E-state index in [4.69, 9.17) is 0 Å². The Kier molecular flexibility index (Phi) is 3.53. The van der Waals surface area contributed by atoms with Gasteiger partial charge in [-0.1, -0.05) is 0 Å². The van der Waals surface area contributed by atoms with Crippen molar-refractivity contribution in [2.75, 3.05) is 39.3 Å². The quantitative estimate of drug-likeness (QED) is 0.717. The van der Waals surface area contributed by atoms with Crippen LogP contribution in [0.4, 0.5) is 0 Å². The fourth-order valence-electron chi connectivity index (χ4n) is 2.15. The predicted octanol–water partition coefficient (Wildman–Crippen LogP) is -0.686. The van der Waals surface area contributed by atoms with Gasteiger partial charge in [-0.15, -0.1) is 0 Å². The van der Waals surface area contributed by atoms with Crippen LogP contribution in [0.1, 0.15) is 13.8 Å². The largest absolute Gasteiger partial charge is 0.314 e. The highest BCUT2D eigenvalue weighted by molar-refractivity contribution is 7.89. The van der Waals surface area contributed by atoms with Crippen molar-refractivity contribution in [2.45, 2.75) is 25.1 Å². The third-order valence-electron chi connectivity index (χ3n) is 3.51. The minimum absolute atomic E-state index is 0.301. The van der Waals surface area contributed by atoms with Gasteiger partial charge in [0.1, 0.15) is 0 Å². The monoisotopic (exact) mass is 247 g/mol. The van der Waals surface area contributed by atoms with Gasteiger partial charge in [-0.3, -0.25) is 4.90 Å². The lowest BCUT2D eigenvalue weighted by Crippen LogP contribution is -2.62. The van der Waals surface area contributed by atoms with Crippen LogP contribution >= 0.6 is 0 Å². The Balaban J connectivity index is 1.89. The second-order valence-electron chi connectivity index (χ2n) is 4.84. The van der Waals surface area contributed by atoms with Crippen LogP contribution in [0.25, 0.3) is 0 Å². The molecule has 16 heavy (non-hydrogen) atoms. The van der Waals surface area contributed by atoms with Gasteiger partial charge in [-0.05, 0) is 13.8 Å². The van der Waals surface area contributed by atoms with Crippen LogP contribution in [-0.4, -0.2) is 68.2 Å². The summed E-state index contributed by atoms with van der Waals surface area (Å²) in [6.45, 7) is 8.65. The van der Waals surface area contributed by atoms with Gasteiger partial charge in [0, 0.05) is 45.3 Å². The molecule has 2 saturated heterocycles. The highest BCUT2D eigenvalue weighted by atomic mass is 32.2. The lowest BCUT2D eigenvalue weighted by Gasteiger charge is -2.43. The molecule has 2 heterocycles. The maximum Gasteiger partial charge on any atom is 0.216 e. The normalized spacial score (nSPS) is 25.9. The summed E-state index contributed by atoms with van der Waals surface area (Å²) in [6, 6.07) is 0.629. The van der Waals surface area contributed by atoms with Crippen LogP contribution in [0.15, 0.2) is 0 Å². The van der Waals surface area contributed by atoms with Gasteiger partial charge in [0.2, 0.25) is 10.0 Å². The number of sulfonamides is 1. The Bertz CT molecular complexity index is 330. The molecule has 0 unspecified atom stereocenters. The molecule has 2 aliphatic heterocycles. The second-order valence-corrected chi connectivity index (χ2v) is 7.33. The van der Waals surface area contributed by atoms with Crippen LogP contribution in [0, 0.1) is 0 Å². The van der Waals surface area contributed by atoms with E-state index in [-0.39, 0.29) is 5.25 Å². The first kappa shape index (κ1) is 12.3. The Morgan fingerprint density at radius 1 is 1.12 bits per heavy atom. The molecule has 0 bridgehead atoms. The van der Waals surface area contributed by atoms with Crippen molar-refractivity contribution < 1.29 is 8.42 Å². The Morgan fingerprint density at radius 2 is 1.69 bits per heavy atom. The molecule has 94 valence electrons. The first-order chi connectivity index (χ1) is 7.51. The Hall–Kier alpha value is -0.170. The molecule has 0 radical (unpaired) electrons. The molecule has 0 aromatic carbocycles. The Labute approximate surface area is 97.8 Å². The van der Waals surface area contributed by atoms with Gasteiger partial charge in [0.25, 0.3) is 0 Å². The van der Waals surface area contributed by atoms with E-state index < -0.39 is 10.0 Å². The number of nitrogens with zero attached hydrogens (tertiary/aromatic N) is 2. The molecule has 0 atom stereocenters. The van der Waals surface area contributed by atoms with E-state index in [1.165, 1.54) is 0 Å². The summed E-state index contributed by atoms with van der Waals surface area (Å²) in [4.78, 5) is 2.39. The minimum Gasteiger partial charge on any atom is -0.314 e. The average Bonchev–Trinajstić information content (AvgIpc) is 2.15. The third-order valence-corrected chi connectivity index (χ3v) is 5.78. The standard InChI is InChI=1S/C10H21N3O2S/c1-9(2)16(14,15)13-5-3-12(4-6-13)10-7-11-8-10/h9-11H,3-8H2,1-2H3. The lowest BCUT2D eigenvalue weighted by molar-refractivity contribution is 0.103. The number of nitrogens with one attached hydrogen (secondary N) is 1. The van der Waals surface area contributed by atoms with E-state index in [1.54, 1.807) is 18.2 Å². The van der Waals surface area contributed by atoms with E-state index in [0.717, 1.165) is 26.2 Å². The fraction of sp³-hybridized carbons (Fsp3) is 1.00. The predicted molar refractivity (Wildman–Crippen MR) is 63.9 cm³/mol.